The molecule has 0 atom stereocenters. The molecule has 3 aromatic carbocycles. The normalized spacial score (nSPS) is 15.2. The SMILES string of the molecule is O=C(COc1ccc(Br)cc1/C=C1\S/C(=N/N=C\c2ccc(F)cc2)N(Cc2ccco2)C1=O)Nc1ccc(F)cc1. The molecule has 0 aliphatic carbocycles. The summed E-state index contributed by atoms with van der Waals surface area (Å²) in [6, 6.07) is 19.8. The fraction of sp³-hybridized carbons (Fsp3) is 0.0667. The van der Waals surface area contributed by atoms with E-state index in [1.807, 2.05) is 0 Å². The number of thioether (sulfide) groups is 1. The lowest BCUT2D eigenvalue weighted by atomic mass is 10.2. The fourth-order valence-corrected chi connectivity index (χ4v) is 5.06. The molecule has 1 fully saturated rings. The lowest BCUT2D eigenvalue weighted by molar-refractivity contribution is -0.122. The molecule has 42 heavy (non-hydrogen) atoms. The summed E-state index contributed by atoms with van der Waals surface area (Å²) in [6.07, 6.45) is 4.62. The van der Waals surface area contributed by atoms with Gasteiger partial charge in [0.1, 0.15) is 23.1 Å². The number of nitrogens with zero attached hydrogens (tertiary/aromatic N) is 3. The predicted octanol–water partition coefficient (Wildman–Crippen LogP) is 6.84. The molecule has 12 heteroatoms. The van der Waals surface area contributed by atoms with Gasteiger partial charge in [0.05, 0.1) is 23.9 Å². The topological polar surface area (TPSA) is 96.5 Å². The summed E-state index contributed by atoms with van der Waals surface area (Å²) in [4.78, 5) is 27.7. The average Bonchev–Trinajstić information content (AvgIpc) is 3.59. The van der Waals surface area contributed by atoms with Crippen LogP contribution in [-0.4, -0.2) is 34.7 Å². The third kappa shape index (κ3) is 7.59. The molecule has 4 aromatic rings. The molecule has 0 bridgehead atoms. The Morgan fingerprint density at radius 2 is 1.79 bits per heavy atom. The number of benzene rings is 3. The van der Waals surface area contributed by atoms with Crippen molar-refractivity contribution >= 4 is 62.7 Å². The van der Waals surface area contributed by atoms with Gasteiger partial charge in [-0.25, -0.2) is 8.78 Å². The number of ether oxygens (including phenoxy) is 1. The zero-order chi connectivity index (χ0) is 29.5. The van der Waals surface area contributed by atoms with Crippen LogP contribution in [0.3, 0.4) is 0 Å². The monoisotopic (exact) mass is 650 g/mol. The molecule has 212 valence electrons. The van der Waals surface area contributed by atoms with Crippen molar-refractivity contribution in [3.05, 3.63) is 123 Å². The second-order valence-corrected chi connectivity index (χ2v) is 10.7. The Kier molecular flexibility index (Phi) is 9.25. The third-order valence-electron chi connectivity index (χ3n) is 5.75. The number of furan rings is 1. The van der Waals surface area contributed by atoms with E-state index < -0.39 is 11.7 Å². The molecule has 1 saturated heterocycles. The summed E-state index contributed by atoms with van der Waals surface area (Å²) in [5, 5.41) is 11.3. The molecule has 0 radical (unpaired) electrons. The number of carbonyl (C=O) groups excluding carboxylic acids is 2. The van der Waals surface area contributed by atoms with E-state index in [9.17, 15) is 18.4 Å². The Morgan fingerprint density at radius 1 is 1.05 bits per heavy atom. The van der Waals surface area contributed by atoms with Gasteiger partial charge in [-0.15, -0.1) is 5.10 Å². The zero-order valence-corrected chi connectivity index (χ0v) is 24.1. The third-order valence-corrected chi connectivity index (χ3v) is 7.24. The number of rotatable bonds is 9. The van der Waals surface area contributed by atoms with Gasteiger partial charge < -0.3 is 14.5 Å². The van der Waals surface area contributed by atoms with Crippen LogP contribution in [0.5, 0.6) is 5.75 Å². The molecular formula is C30H21BrF2N4O4S. The van der Waals surface area contributed by atoms with Gasteiger partial charge in [-0.05, 0) is 90.1 Å². The highest BCUT2D eigenvalue weighted by Gasteiger charge is 2.34. The van der Waals surface area contributed by atoms with Crippen LogP contribution in [-0.2, 0) is 16.1 Å². The molecule has 0 spiro atoms. The Morgan fingerprint density at radius 3 is 2.50 bits per heavy atom. The minimum atomic E-state index is -0.437. The first kappa shape index (κ1) is 29.0. The molecule has 1 aliphatic rings. The lowest BCUT2D eigenvalue weighted by Gasteiger charge is -2.13. The van der Waals surface area contributed by atoms with E-state index in [1.54, 1.807) is 48.5 Å². The first-order chi connectivity index (χ1) is 20.3. The van der Waals surface area contributed by atoms with E-state index in [-0.39, 0.29) is 24.9 Å². The van der Waals surface area contributed by atoms with Crippen molar-refractivity contribution in [1.82, 2.24) is 4.90 Å². The van der Waals surface area contributed by atoms with Crippen molar-refractivity contribution < 1.29 is 27.5 Å². The van der Waals surface area contributed by atoms with E-state index in [0.717, 1.165) is 16.2 Å². The molecule has 0 saturated carbocycles. The van der Waals surface area contributed by atoms with Gasteiger partial charge in [0.2, 0.25) is 0 Å². The predicted molar refractivity (Wildman–Crippen MR) is 161 cm³/mol. The summed E-state index contributed by atoms with van der Waals surface area (Å²) in [5.74, 6) is -0.615. The van der Waals surface area contributed by atoms with Crippen molar-refractivity contribution in [2.24, 2.45) is 10.2 Å². The lowest BCUT2D eigenvalue weighted by Crippen LogP contribution is -2.28. The Labute approximate surface area is 251 Å². The summed E-state index contributed by atoms with van der Waals surface area (Å²) in [6.45, 7) is -0.182. The van der Waals surface area contributed by atoms with Crippen LogP contribution in [0, 0.1) is 11.6 Å². The van der Waals surface area contributed by atoms with Crippen LogP contribution in [0.4, 0.5) is 14.5 Å². The number of halogens is 3. The number of hydrogen-bond acceptors (Lipinski definition) is 7. The van der Waals surface area contributed by atoms with Gasteiger partial charge in [-0.3, -0.25) is 14.5 Å². The number of anilines is 1. The van der Waals surface area contributed by atoms with E-state index in [4.69, 9.17) is 9.15 Å². The Bertz CT molecular complexity index is 1670. The summed E-state index contributed by atoms with van der Waals surface area (Å²) >= 11 is 4.55. The minimum Gasteiger partial charge on any atom is -0.483 e. The number of amidine groups is 1. The smallest absolute Gasteiger partial charge is 0.267 e. The van der Waals surface area contributed by atoms with Gasteiger partial charge in [0, 0.05) is 15.7 Å². The number of carbonyl (C=O) groups is 2. The highest BCUT2D eigenvalue weighted by molar-refractivity contribution is 9.10. The number of hydrogen-bond donors (Lipinski definition) is 1. The standard InChI is InChI=1S/C30H21BrF2N4O4S/c31-21-5-12-26(41-18-28(38)35-24-10-8-23(33)9-11-24)20(14-21)15-27-29(39)37(17-25-2-1-13-40-25)30(42-27)36-34-16-19-3-6-22(32)7-4-19/h1-16H,17-18H2,(H,35,38)/b27-15-,34-16-,36-30+. The highest BCUT2D eigenvalue weighted by Crippen LogP contribution is 2.36. The maximum atomic E-state index is 13.5. The van der Waals surface area contributed by atoms with Crippen molar-refractivity contribution in [2.75, 3.05) is 11.9 Å². The molecule has 1 aromatic heterocycles. The number of nitrogens with one attached hydrogen (secondary N) is 1. The van der Waals surface area contributed by atoms with Crippen LogP contribution in [0.25, 0.3) is 6.08 Å². The van der Waals surface area contributed by atoms with E-state index in [2.05, 4.69) is 31.4 Å². The average molecular weight is 651 g/mol. The summed E-state index contributed by atoms with van der Waals surface area (Å²) < 4.78 is 38.3. The van der Waals surface area contributed by atoms with Crippen molar-refractivity contribution in [3.63, 3.8) is 0 Å². The summed E-state index contributed by atoms with van der Waals surface area (Å²) in [7, 11) is 0. The molecule has 2 amide bonds. The quantitative estimate of drug-likeness (QED) is 0.121. The van der Waals surface area contributed by atoms with Gasteiger partial charge >= 0.3 is 0 Å². The van der Waals surface area contributed by atoms with Crippen molar-refractivity contribution in [2.45, 2.75) is 6.54 Å². The molecule has 2 heterocycles. The fourth-order valence-electron chi connectivity index (χ4n) is 3.75. The zero-order valence-electron chi connectivity index (χ0n) is 21.7. The molecule has 8 nitrogen and oxygen atoms in total. The second kappa shape index (κ2) is 13.4. The van der Waals surface area contributed by atoms with E-state index in [1.165, 1.54) is 53.8 Å². The van der Waals surface area contributed by atoms with Gasteiger partial charge in [-0.1, -0.05) is 28.1 Å². The van der Waals surface area contributed by atoms with Crippen LogP contribution >= 0.6 is 27.7 Å². The van der Waals surface area contributed by atoms with Gasteiger partial charge in [0.25, 0.3) is 11.8 Å². The maximum absolute atomic E-state index is 13.5. The molecule has 1 N–H and O–H groups in total. The van der Waals surface area contributed by atoms with Crippen molar-refractivity contribution in [3.8, 4) is 5.75 Å². The molecule has 0 unspecified atom stereocenters. The van der Waals surface area contributed by atoms with Crippen molar-refractivity contribution in [1.29, 1.82) is 0 Å². The van der Waals surface area contributed by atoms with Crippen LogP contribution in [0.15, 0.2) is 109 Å². The van der Waals surface area contributed by atoms with Crippen LogP contribution < -0.4 is 10.1 Å². The summed E-state index contributed by atoms with van der Waals surface area (Å²) in [5.41, 5.74) is 1.62. The first-order valence-corrected chi connectivity index (χ1v) is 14.0. The Balaban J connectivity index is 1.36. The highest BCUT2D eigenvalue weighted by atomic mass is 79.9. The van der Waals surface area contributed by atoms with Crippen LogP contribution in [0.2, 0.25) is 0 Å². The first-order valence-electron chi connectivity index (χ1n) is 12.4. The number of amides is 2. The van der Waals surface area contributed by atoms with Gasteiger partial charge in [0.15, 0.2) is 11.8 Å². The molecule has 5 rings (SSSR count). The largest absolute Gasteiger partial charge is 0.483 e. The Hall–Kier alpha value is -4.55. The van der Waals surface area contributed by atoms with Gasteiger partial charge in [-0.2, -0.15) is 5.10 Å². The maximum Gasteiger partial charge on any atom is 0.267 e. The second-order valence-electron chi connectivity index (χ2n) is 8.79. The van der Waals surface area contributed by atoms with E-state index in [0.29, 0.717) is 38.4 Å². The van der Waals surface area contributed by atoms with E-state index >= 15 is 0 Å². The van der Waals surface area contributed by atoms with Crippen LogP contribution in [0.1, 0.15) is 16.9 Å². The minimum absolute atomic E-state index is 0.131. The molecule has 1 aliphatic heterocycles. The molecular weight excluding hydrogens is 630 g/mol.